The Labute approximate surface area is 151 Å². The van der Waals surface area contributed by atoms with E-state index in [1.165, 1.54) is 24.1 Å². The molecule has 0 radical (unpaired) electrons. The van der Waals surface area contributed by atoms with Gasteiger partial charge in [-0.25, -0.2) is 4.79 Å². The fourth-order valence-electron chi connectivity index (χ4n) is 3.01. The molecule has 0 saturated carbocycles. The minimum Gasteiger partial charge on any atom is -0.383 e. The van der Waals surface area contributed by atoms with Crippen molar-refractivity contribution >= 4 is 7.14 Å². The Hall–Kier alpha value is -1.25. The summed E-state index contributed by atoms with van der Waals surface area (Å²) in [6.45, 7) is 6.97. The van der Waals surface area contributed by atoms with Crippen molar-refractivity contribution in [2.24, 2.45) is 5.92 Å². The van der Waals surface area contributed by atoms with Gasteiger partial charge in [0.05, 0.1) is 19.3 Å². The highest BCUT2D eigenvalue weighted by molar-refractivity contribution is 7.62. The number of aromatic amines is 1. The number of rotatable bonds is 7. The molecule has 9 nitrogen and oxygen atoms in total. The van der Waals surface area contributed by atoms with E-state index in [0.717, 1.165) is 0 Å². The molecule has 10 heteroatoms. The monoisotopic (exact) mass is 390 g/mol. The molecule has 1 fully saturated rings. The third-order valence-electron chi connectivity index (χ3n) is 4.56. The van der Waals surface area contributed by atoms with Crippen LogP contribution in [0.3, 0.4) is 0 Å². The number of H-pyrrole nitrogens is 1. The van der Waals surface area contributed by atoms with Gasteiger partial charge in [-0.3, -0.25) is 14.3 Å². The minimum atomic E-state index is -2.84. The van der Waals surface area contributed by atoms with Crippen LogP contribution in [-0.4, -0.2) is 66.4 Å². The van der Waals surface area contributed by atoms with Crippen LogP contribution in [-0.2, 0) is 18.8 Å². The second-order valence-corrected chi connectivity index (χ2v) is 10.4. The van der Waals surface area contributed by atoms with Crippen LogP contribution in [0.1, 0.15) is 18.7 Å². The largest absolute Gasteiger partial charge is 0.383 e. The van der Waals surface area contributed by atoms with Gasteiger partial charge in [0.1, 0.15) is 19.1 Å². The van der Waals surface area contributed by atoms with E-state index in [1.807, 2.05) is 6.92 Å². The van der Waals surface area contributed by atoms with Gasteiger partial charge in [-0.05, 0) is 20.3 Å². The number of aromatic nitrogens is 2. The number of methoxy groups -OCH3 is 1. The third kappa shape index (κ3) is 4.35. The van der Waals surface area contributed by atoms with Gasteiger partial charge >= 0.3 is 5.69 Å². The topological polar surface area (TPSA) is 120 Å². The molecule has 0 aromatic carbocycles. The molecule has 1 aromatic rings. The minimum absolute atomic E-state index is 0.265. The molecule has 26 heavy (non-hydrogen) atoms. The maximum absolute atomic E-state index is 12.3. The van der Waals surface area contributed by atoms with Crippen molar-refractivity contribution in [2.45, 2.75) is 38.1 Å². The van der Waals surface area contributed by atoms with Crippen LogP contribution in [0.5, 0.6) is 0 Å². The van der Waals surface area contributed by atoms with Gasteiger partial charge in [0.2, 0.25) is 0 Å². The molecule has 5 atom stereocenters. The van der Waals surface area contributed by atoms with Crippen LogP contribution in [0.15, 0.2) is 15.8 Å². The molecule has 148 valence electrons. The fraction of sp³-hybridized carbons (Fsp3) is 0.750. The summed E-state index contributed by atoms with van der Waals surface area (Å²) >= 11 is 0. The lowest BCUT2D eigenvalue weighted by Crippen LogP contribution is -2.38. The van der Waals surface area contributed by atoms with Gasteiger partial charge in [-0.2, -0.15) is 0 Å². The number of hydrogen-bond donors (Lipinski definition) is 2. The van der Waals surface area contributed by atoms with E-state index < -0.39 is 42.7 Å². The SMILES string of the molecule is COCCO[C@@H]1[C@H](C)[C@@H]([C@H](O)P(C)(C)=O)O[C@H]1n1cc(C)c(=O)[nH]c1=O. The van der Waals surface area contributed by atoms with Crippen LogP contribution in [0.4, 0.5) is 0 Å². The zero-order valence-electron chi connectivity index (χ0n) is 15.7. The van der Waals surface area contributed by atoms with Gasteiger partial charge < -0.3 is 23.9 Å². The average Bonchev–Trinajstić information content (AvgIpc) is 2.86. The summed E-state index contributed by atoms with van der Waals surface area (Å²) in [5.41, 5.74) is -0.765. The van der Waals surface area contributed by atoms with Crippen molar-refractivity contribution in [1.29, 1.82) is 0 Å². The number of nitrogens with zero attached hydrogens (tertiary/aromatic N) is 1. The predicted octanol–water partition coefficient (Wildman–Crippen LogP) is 0.351. The fourth-order valence-corrected chi connectivity index (χ4v) is 4.05. The van der Waals surface area contributed by atoms with E-state index in [-0.39, 0.29) is 12.5 Å². The molecule has 2 rings (SSSR count). The summed E-state index contributed by atoms with van der Waals surface area (Å²) in [6, 6.07) is 0. The molecule has 1 aliphatic rings. The van der Waals surface area contributed by atoms with Crippen molar-refractivity contribution in [1.82, 2.24) is 9.55 Å². The van der Waals surface area contributed by atoms with E-state index in [2.05, 4.69) is 4.98 Å². The Kier molecular flexibility index (Phi) is 6.63. The Morgan fingerprint density at radius 1 is 1.38 bits per heavy atom. The summed E-state index contributed by atoms with van der Waals surface area (Å²) in [4.78, 5) is 26.1. The van der Waals surface area contributed by atoms with Crippen LogP contribution in [0.2, 0.25) is 0 Å². The lowest BCUT2D eigenvalue weighted by atomic mass is 10.0. The Bertz CT molecular complexity index is 784. The summed E-state index contributed by atoms with van der Waals surface area (Å²) in [5, 5.41) is 10.5. The second kappa shape index (κ2) is 8.19. The van der Waals surface area contributed by atoms with E-state index >= 15 is 0 Å². The van der Waals surface area contributed by atoms with Crippen molar-refractivity contribution in [3.8, 4) is 0 Å². The molecule has 1 saturated heterocycles. The quantitative estimate of drug-likeness (QED) is 0.509. The van der Waals surface area contributed by atoms with Gasteiger partial charge in [-0.15, -0.1) is 0 Å². The van der Waals surface area contributed by atoms with Crippen molar-refractivity contribution < 1.29 is 23.9 Å². The van der Waals surface area contributed by atoms with Crippen LogP contribution in [0, 0.1) is 12.8 Å². The van der Waals surface area contributed by atoms with E-state index in [9.17, 15) is 19.3 Å². The highest BCUT2D eigenvalue weighted by atomic mass is 31.2. The van der Waals surface area contributed by atoms with E-state index in [4.69, 9.17) is 14.2 Å². The zero-order chi connectivity index (χ0) is 19.6. The highest BCUT2D eigenvalue weighted by Crippen LogP contribution is 2.49. The lowest BCUT2D eigenvalue weighted by Gasteiger charge is -2.25. The Balaban J connectivity index is 2.40. The normalized spacial score (nSPS) is 27.6. The first-order valence-corrected chi connectivity index (χ1v) is 11.1. The van der Waals surface area contributed by atoms with E-state index in [1.54, 1.807) is 14.0 Å². The first-order valence-electron chi connectivity index (χ1n) is 8.38. The highest BCUT2D eigenvalue weighted by Gasteiger charge is 2.49. The molecule has 0 unspecified atom stereocenters. The number of nitrogens with one attached hydrogen (secondary N) is 1. The molecular weight excluding hydrogens is 363 g/mol. The smallest absolute Gasteiger partial charge is 0.330 e. The molecule has 1 aromatic heterocycles. The number of aliphatic hydroxyl groups is 1. The molecule has 2 N–H and O–H groups in total. The maximum atomic E-state index is 12.3. The van der Waals surface area contributed by atoms with E-state index in [0.29, 0.717) is 12.2 Å². The van der Waals surface area contributed by atoms with Crippen molar-refractivity contribution in [2.75, 3.05) is 33.7 Å². The second-order valence-electron chi connectivity index (χ2n) is 7.01. The average molecular weight is 390 g/mol. The maximum Gasteiger partial charge on any atom is 0.330 e. The van der Waals surface area contributed by atoms with Crippen LogP contribution >= 0.6 is 7.14 Å². The van der Waals surface area contributed by atoms with Crippen molar-refractivity contribution in [3.63, 3.8) is 0 Å². The summed E-state index contributed by atoms with van der Waals surface area (Å²) < 4.78 is 30.3. The van der Waals surface area contributed by atoms with Gasteiger partial charge in [0, 0.05) is 24.8 Å². The number of ether oxygens (including phenoxy) is 3. The summed E-state index contributed by atoms with van der Waals surface area (Å²) in [7, 11) is -1.30. The van der Waals surface area contributed by atoms with Gasteiger partial charge in [0.15, 0.2) is 6.23 Å². The van der Waals surface area contributed by atoms with Crippen LogP contribution in [0.25, 0.3) is 0 Å². The lowest BCUT2D eigenvalue weighted by molar-refractivity contribution is -0.0834. The third-order valence-corrected chi connectivity index (χ3v) is 6.13. The molecule has 0 bridgehead atoms. The van der Waals surface area contributed by atoms with Crippen molar-refractivity contribution in [3.05, 3.63) is 32.6 Å². The predicted molar refractivity (Wildman–Crippen MR) is 96.2 cm³/mol. The molecule has 0 amide bonds. The standard InChI is InChI=1S/C16H27N2O7P/c1-9-8-18(16(21)17-13(9)19)14-11(24-7-6-23-3)10(2)12(25-14)15(20)26(4,5)22/h8,10-12,14-15,20H,6-7H2,1-5H3,(H,17,19,21)/t10-,11+,12-,14+,15+/m0/s1. The van der Waals surface area contributed by atoms with Crippen LogP contribution < -0.4 is 11.2 Å². The Morgan fingerprint density at radius 2 is 2.04 bits per heavy atom. The number of aryl methyl sites for hydroxylation is 1. The molecule has 1 aliphatic heterocycles. The number of hydrogen-bond acceptors (Lipinski definition) is 7. The van der Waals surface area contributed by atoms with Gasteiger partial charge in [0.25, 0.3) is 5.56 Å². The number of aliphatic hydroxyl groups excluding tert-OH is 1. The molecule has 2 heterocycles. The summed E-state index contributed by atoms with van der Waals surface area (Å²) in [6.07, 6.45) is -0.819. The molecule has 0 spiro atoms. The summed E-state index contributed by atoms with van der Waals surface area (Å²) in [5.74, 6) is -1.52. The first kappa shape index (κ1) is 21.1. The molecular formula is C16H27N2O7P. The van der Waals surface area contributed by atoms with Gasteiger partial charge in [-0.1, -0.05) is 6.92 Å². The zero-order valence-corrected chi connectivity index (χ0v) is 16.6. The first-order chi connectivity index (χ1) is 12.1. The Morgan fingerprint density at radius 3 is 2.62 bits per heavy atom. The molecule has 0 aliphatic carbocycles.